The van der Waals surface area contributed by atoms with E-state index in [1.807, 2.05) is 13.8 Å². The van der Waals surface area contributed by atoms with Gasteiger partial charge in [0.05, 0.1) is 18.9 Å². The fourth-order valence-electron chi connectivity index (χ4n) is 8.51. The molecule has 4 aliphatic carbocycles. The first-order valence-electron chi connectivity index (χ1n) is 13.8. The molecule has 0 spiro atoms. The number of alkyl halides is 1. The number of ketones is 1. The second kappa shape index (κ2) is 9.06. The Balaban J connectivity index is 1.31. The number of aliphatic hydroxyl groups excluding tert-OH is 1. The molecule has 40 heavy (non-hydrogen) atoms. The number of halogens is 1. The van der Waals surface area contributed by atoms with E-state index < -0.39 is 34.1 Å². The van der Waals surface area contributed by atoms with Gasteiger partial charge in [0, 0.05) is 27.7 Å². The number of aliphatic hydroxyl groups is 2. The van der Waals surface area contributed by atoms with Crippen LogP contribution < -0.4 is 10.1 Å². The fourth-order valence-corrected chi connectivity index (χ4v) is 9.27. The smallest absolute Gasteiger partial charge is 0.257 e. The van der Waals surface area contributed by atoms with Gasteiger partial charge in [0.1, 0.15) is 11.4 Å². The first-order chi connectivity index (χ1) is 18.9. The maximum atomic E-state index is 17.4. The number of carbonyl (C=O) groups excluding carboxylic acids is 2. The number of allylic oxidation sites excluding steroid dienone is 4. The first-order valence-corrected chi connectivity index (χ1v) is 14.7. The number of anilines is 1. The molecule has 4 aliphatic rings. The molecule has 3 fully saturated rings. The van der Waals surface area contributed by atoms with E-state index >= 15 is 4.39 Å². The maximum Gasteiger partial charge on any atom is 0.257 e. The van der Waals surface area contributed by atoms with E-state index in [2.05, 4.69) is 10.3 Å². The monoisotopic (exact) mass is 566 g/mol. The van der Waals surface area contributed by atoms with Crippen LogP contribution >= 0.6 is 11.3 Å². The van der Waals surface area contributed by atoms with Crippen molar-refractivity contribution < 1.29 is 28.9 Å². The fraction of sp³-hybridized carbons (Fsp3) is 0.516. The largest absolute Gasteiger partial charge is 0.497 e. The first kappa shape index (κ1) is 27.3. The molecule has 9 heteroatoms. The third-order valence-electron chi connectivity index (χ3n) is 10.7. The predicted molar refractivity (Wildman–Crippen MR) is 150 cm³/mol. The number of hydrogen-bond acceptors (Lipinski definition) is 7. The van der Waals surface area contributed by atoms with Crippen molar-refractivity contribution in [1.29, 1.82) is 0 Å². The second-order valence-electron chi connectivity index (χ2n) is 12.4. The minimum Gasteiger partial charge on any atom is -0.497 e. The number of thiazole rings is 1. The lowest BCUT2D eigenvalue weighted by molar-refractivity contribution is -0.223. The van der Waals surface area contributed by atoms with E-state index in [1.165, 1.54) is 23.5 Å². The molecular formula is C31H35FN2O5S. The molecular weight excluding hydrogens is 531 g/mol. The van der Waals surface area contributed by atoms with Crippen LogP contribution in [0.15, 0.2) is 53.4 Å². The number of methoxy groups -OCH3 is 1. The number of nitrogens with zero attached hydrogens (tertiary/aromatic N) is 1. The third-order valence-corrected chi connectivity index (χ3v) is 11.4. The summed E-state index contributed by atoms with van der Waals surface area (Å²) in [5.41, 5.74) is -3.68. The third kappa shape index (κ3) is 3.50. The highest BCUT2D eigenvalue weighted by atomic mass is 32.1. The number of benzene rings is 1. The van der Waals surface area contributed by atoms with Crippen LogP contribution in [-0.2, 0) is 10.4 Å². The number of amides is 1. The van der Waals surface area contributed by atoms with Gasteiger partial charge in [0.15, 0.2) is 16.6 Å². The van der Waals surface area contributed by atoms with Gasteiger partial charge >= 0.3 is 0 Å². The van der Waals surface area contributed by atoms with Crippen LogP contribution in [0, 0.1) is 28.6 Å². The van der Waals surface area contributed by atoms with Gasteiger partial charge in [-0.1, -0.05) is 25.5 Å². The zero-order valence-electron chi connectivity index (χ0n) is 23.1. The van der Waals surface area contributed by atoms with Crippen molar-refractivity contribution in [3.63, 3.8) is 0 Å². The summed E-state index contributed by atoms with van der Waals surface area (Å²) in [6.07, 6.45) is 4.97. The highest BCUT2D eigenvalue weighted by Crippen LogP contribution is 2.72. The lowest BCUT2D eigenvalue weighted by Gasteiger charge is -2.62. The van der Waals surface area contributed by atoms with Gasteiger partial charge in [-0.15, -0.1) is 11.3 Å². The van der Waals surface area contributed by atoms with Crippen molar-refractivity contribution in [3.8, 4) is 5.75 Å². The Morgan fingerprint density at radius 3 is 2.65 bits per heavy atom. The summed E-state index contributed by atoms with van der Waals surface area (Å²) >= 11 is 1.23. The number of aromatic nitrogens is 1. The van der Waals surface area contributed by atoms with E-state index in [0.717, 1.165) is 5.57 Å². The molecule has 0 bridgehead atoms. The molecule has 0 radical (unpaired) electrons. The van der Waals surface area contributed by atoms with Crippen LogP contribution in [0.1, 0.15) is 62.5 Å². The van der Waals surface area contributed by atoms with E-state index in [9.17, 15) is 19.8 Å². The summed E-state index contributed by atoms with van der Waals surface area (Å²) in [4.78, 5) is 29.6. The number of nitrogens with one attached hydrogen (secondary N) is 1. The van der Waals surface area contributed by atoms with Gasteiger partial charge < -0.3 is 14.9 Å². The molecule has 0 aliphatic heterocycles. The van der Waals surface area contributed by atoms with Gasteiger partial charge in [-0.2, -0.15) is 0 Å². The molecule has 3 saturated carbocycles. The summed E-state index contributed by atoms with van der Waals surface area (Å²) in [6.45, 7) is 5.70. The normalized spacial score (nSPS) is 40.1. The Kier molecular flexibility index (Phi) is 6.18. The molecule has 8 atom stereocenters. The zero-order valence-corrected chi connectivity index (χ0v) is 23.9. The van der Waals surface area contributed by atoms with Gasteiger partial charge in [0.2, 0.25) is 0 Å². The summed E-state index contributed by atoms with van der Waals surface area (Å²) < 4.78 is 22.6. The van der Waals surface area contributed by atoms with E-state index in [4.69, 9.17) is 4.74 Å². The topological polar surface area (TPSA) is 109 Å². The van der Waals surface area contributed by atoms with Gasteiger partial charge in [-0.05, 0) is 80.9 Å². The number of fused-ring (bicyclic) bond motifs is 5. The molecule has 1 aromatic carbocycles. The standard InChI is InChI=1S/C31H35FN2O5S/c1-17-13-23-22-10-7-19-14-20(35)11-12-28(19,2)30(22,32)25(36)15-29(23,3)31(17,38)24-16-40-27(33-24)34-26(37)18-5-8-21(39-4)9-6-18/h5-6,8-9,11-12,14,16-17,22-23,25,36,38H,7,10,13,15H2,1-4H3,(H,33,34,37). The van der Waals surface area contributed by atoms with Crippen LogP contribution in [0.2, 0.25) is 0 Å². The molecule has 212 valence electrons. The lowest BCUT2D eigenvalue weighted by Crippen LogP contribution is -2.68. The predicted octanol–water partition coefficient (Wildman–Crippen LogP) is 5.21. The highest BCUT2D eigenvalue weighted by molar-refractivity contribution is 7.14. The minimum absolute atomic E-state index is 0.0568. The summed E-state index contributed by atoms with van der Waals surface area (Å²) in [5.74, 6) is -0.778. The molecule has 8 unspecified atom stereocenters. The second-order valence-corrected chi connectivity index (χ2v) is 13.2. The molecule has 1 aromatic heterocycles. The summed E-state index contributed by atoms with van der Waals surface area (Å²) in [5, 5.41) is 29.0. The molecule has 2 aromatic rings. The van der Waals surface area contributed by atoms with Crippen LogP contribution in [-0.4, -0.2) is 45.8 Å². The Hall–Kier alpha value is -2.88. The number of carbonyl (C=O) groups is 2. The lowest BCUT2D eigenvalue weighted by atomic mass is 9.44. The van der Waals surface area contributed by atoms with Gasteiger partial charge in [-0.3, -0.25) is 14.9 Å². The van der Waals surface area contributed by atoms with E-state index in [0.29, 0.717) is 41.4 Å². The maximum absolute atomic E-state index is 17.4. The Morgan fingerprint density at radius 2 is 1.95 bits per heavy atom. The SMILES string of the molecule is COc1ccc(C(=O)Nc2nc(C3(O)C(C)CC4C5CCC6=CC(=O)C=CC6(C)C5(F)C(O)CC43C)cs2)cc1. The molecule has 0 saturated heterocycles. The Morgan fingerprint density at radius 1 is 1.23 bits per heavy atom. The Bertz CT molecular complexity index is 1440. The summed E-state index contributed by atoms with van der Waals surface area (Å²) in [7, 11) is 1.56. The minimum atomic E-state index is -1.96. The van der Waals surface area contributed by atoms with Crippen LogP contribution in [0.25, 0.3) is 0 Å². The van der Waals surface area contributed by atoms with Crippen LogP contribution in [0.4, 0.5) is 9.52 Å². The Labute approximate surface area is 237 Å². The number of rotatable bonds is 4. The zero-order chi connectivity index (χ0) is 28.7. The average Bonchev–Trinajstić information content (AvgIpc) is 3.47. The summed E-state index contributed by atoms with van der Waals surface area (Å²) in [6, 6.07) is 6.74. The van der Waals surface area contributed by atoms with Gasteiger partial charge in [-0.25, -0.2) is 9.37 Å². The molecule has 3 N–H and O–H groups in total. The quantitative estimate of drug-likeness (QED) is 0.469. The average molecular weight is 567 g/mol. The number of ether oxygens (including phenoxy) is 1. The highest BCUT2D eigenvalue weighted by Gasteiger charge is 2.74. The van der Waals surface area contributed by atoms with E-state index in [1.54, 1.807) is 49.8 Å². The van der Waals surface area contributed by atoms with Crippen LogP contribution in [0.5, 0.6) is 5.75 Å². The van der Waals surface area contributed by atoms with Gasteiger partial charge in [0.25, 0.3) is 5.91 Å². The molecule has 1 amide bonds. The number of hydrogen-bond donors (Lipinski definition) is 3. The van der Waals surface area contributed by atoms with Crippen molar-refractivity contribution in [2.24, 2.45) is 28.6 Å². The van der Waals surface area contributed by atoms with Crippen molar-refractivity contribution >= 4 is 28.2 Å². The van der Waals surface area contributed by atoms with Crippen molar-refractivity contribution in [2.45, 2.75) is 63.8 Å². The van der Waals surface area contributed by atoms with Crippen molar-refractivity contribution in [2.75, 3.05) is 12.4 Å². The van der Waals surface area contributed by atoms with Crippen molar-refractivity contribution in [3.05, 3.63) is 64.7 Å². The van der Waals surface area contributed by atoms with Crippen molar-refractivity contribution in [1.82, 2.24) is 4.98 Å². The van der Waals surface area contributed by atoms with E-state index in [-0.39, 0.29) is 29.9 Å². The van der Waals surface area contributed by atoms with Crippen LogP contribution in [0.3, 0.4) is 0 Å². The molecule has 7 nitrogen and oxygen atoms in total. The molecule has 6 rings (SSSR count). The molecule has 1 heterocycles.